The molecule has 128 valence electrons. The van der Waals surface area contributed by atoms with Crippen LogP contribution in [-0.2, 0) is 0 Å². The van der Waals surface area contributed by atoms with Crippen molar-refractivity contribution in [3.05, 3.63) is 66.9 Å². The number of carbonyl (C=O) groups is 2. The summed E-state index contributed by atoms with van der Waals surface area (Å²) in [6, 6.07) is 9.69. The highest BCUT2D eigenvalue weighted by Crippen LogP contribution is 2.41. The molecule has 9 heteroatoms. The Hall–Kier alpha value is -1.50. The number of rotatable bonds is 2. The monoisotopic (exact) mass is 432 g/mol. The molecule has 0 atom stereocenters. The van der Waals surface area contributed by atoms with Gasteiger partial charge in [0.25, 0.3) is 11.8 Å². The van der Waals surface area contributed by atoms with E-state index in [0.29, 0.717) is 20.1 Å². The minimum absolute atomic E-state index is 0.200. The molecule has 4 nitrogen and oxygen atoms in total. The maximum Gasteiger partial charge on any atom is 0.281 e. The SMILES string of the molecule is O=C(NNC(=O)c1sc2cc(Cl)cc(Cl)c2c1Cl)c1ccccc1Cl. The summed E-state index contributed by atoms with van der Waals surface area (Å²) in [5.74, 6) is -1.11. The fourth-order valence-corrected chi connectivity index (χ4v) is 4.64. The van der Waals surface area contributed by atoms with Gasteiger partial charge in [0.2, 0.25) is 0 Å². The molecule has 0 fully saturated rings. The second kappa shape index (κ2) is 7.40. The van der Waals surface area contributed by atoms with Gasteiger partial charge in [0.1, 0.15) is 4.88 Å². The molecule has 0 radical (unpaired) electrons. The molecule has 0 saturated heterocycles. The van der Waals surface area contributed by atoms with Crippen molar-refractivity contribution in [3.8, 4) is 0 Å². The van der Waals surface area contributed by atoms with Crippen LogP contribution in [-0.4, -0.2) is 11.8 Å². The van der Waals surface area contributed by atoms with E-state index in [0.717, 1.165) is 11.3 Å². The summed E-state index contributed by atoms with van der Waals surface area (Å²) in [6.45, 7) is 0. The Bertz CT molecular complexity index is 1000. The van der Waals surface area contributed by atoms with Crippen molar-refractivity contribution in [2.45, 2.75) is 0 Å². The van der Waals surface area contributed by atoms with Gasteiger partial charge in [-0.3, -0.25) is 20.4 Å². The number of amides is 2. The maximum absolute atomic E-state index is 12.3. The van der Waals surface area contributed by atoms with Gasteiger partial charge in [0, 0.05) is 15.1 Å². The van der Waals surface area contributed by atoms with E-state index >= 15 is 0 Å². The number of benzene rings is 2. The van der Waals surface area contributed by atoms with Crippen LogP contribution >= 0.6 is 57.7 Å². The van der Waals surface area contributed by atoms with E-state index in [4.69, 9.17) is 46.4 Å². The van der Waals surface area contributed by atoms with Crippen LogP contribution in [0.4, 0.5) is 0 Å². The van der Waals surface area contributed by atoms with Gasteiger partial charge in [0.05, 0.1) is 20.6 Å². The van der Waals surface area contributed by atoms with E-state index in [9.17, 15) is 9.59 Å². The average molecular weight is 434 g/mol. The van der Waals surface area contributed by atoms with Crippen LogP contribution in [0.5, 0.6) is 0 Å². The summed E-state index contributed by atoms with van der Waals surface area (Å²) >= 11 is 25.4. The molecule has 1 aromatic heterocycles. The van der Waals surface area contributed by atoms with Gasteiger partial charge in [-0.2, -0.15) is 0 Å². The molecule has 0 aliphatic carbocycles. The molecule has 3 rings (SSSR count). The first-order valence-electron chi connectivity index (χ1n) is 6.80. The summed E-state index contributed by atoms with van der Waals surface area (Å²) in [6.07, 6.45) is 0. The molecule has 2 aromatic carbocycles. The minimum atomic E-state index is -0.571. The van der Waals surface area contributed by atoms with E-state index in [1.165, 1.54) is 6.07 Å². The Kier molecular flexibility index (Phi) is 5.41. The summed E-state index contributed by atoms with van der Waals surface area (Å²) < 4.78 is 0.671. The Morgan fingerprint density at radius 1 is 0.880 bits per heavy atom. The third kappa shape index (κ3) is 3.71. The lowest BCUT2D eigenvalue weighted by Crippen LogP contribution is -2.41. The van der Waals surface area contributed by atoms with Crippen LogP contribution in [0.25, 0.3) is 10.1 Å². The second-order valence-corrected chi connectivity index (χ2v) is 7.58. The predicted octanol–water partition coefficient (Wildman–Crippen LogP) is 5.59. The highest BCUT2D eigenvalue weighted by atomic mass is 35.5. The van der Waals surface area contributed by atoms with Gasteiger partial charge in [-0.15, -0.1) is 11.3 Å². The predicted molar refractivity (Wildman–Crippen MR) is 103 cm³/mol. The first kappa shape index (κ1) is 18.3. The average Bonchev–Trinajstić information content (AvgIpc) is 2.89. The number of nitrogens with one attached hydrogen (secondary N) is 2. The van der Waals surface area contributed by atoms with E-state index in [1.54, 1.807) is 30.3 Å². The zero-order valence-electron chi connectivity index (χ0n) is 12.2. The van der Waals surface area contributed by atoms with Crippen LogP contribution in [0.3, 0.4) is 0 Å². The summed E-state index contributed by atoms with van der Waals surface area (Å²) in [5, 5.41) is 1.80. The lowest BCUT2D eigenvalue weighted by molar-refractivity contribution is 0.0849. The van der Waals surface area contributed by atoms with Gasteiger partial charge in [0.15, 0.2) is 0 Å². The summed E-state index contributed by atoms with van der Waals surface area (Å²) in [5.41, 5.74) is 4.85. The van der Waals surface area contributed by atoms with Crippen molar-refractivity contribution >= 4 is 79.6 Å². The quantitative estimate of drug-likeness (QED) is 0.517. The van der Waals surface area contributed by atoms with Crippen molar-refractivity contribution in [2.24, 2.45) is 0 Å². The summed E-state index contributed by atoms with van der Waals surface area (Å²) in [7, 11) is 0. The van der Waals surface area contributed by atoms with Crippen LogP contribution < -0.4 is 10.9 Å². The highest BCUT2D eigenvalue weighted by molar-refractivity contribution is 7.21. The molecular formula is C16H8Cl4N2O2S. The zero-order valence-corrected chi connectivity index (χ0v) is 16.0. The zero-order chi connectivity index (χ0) is 18.1. The van der Waals surface area contributed by atoms with E-state index < -0.39 is 11.8 Å². The smallest absolute Gasteiger partial charge is 0.267 e. The van der Waals surface area contributed by atoms with Crippen LogP contribution in [0.1, 0.15) is 20.0 Å². The lowest BCUT2D eigenvalue weighted by Gasteiger charge is -2.07. The molecule has 1 heterocycles. The van der Waals surface area contributed by atoms with Crippen molar-refractivity contribution in [2.75, 3.05) is 0 Å². The number of carbonyl (C=O) groups excluding carboxylic acids is 2. The molecule has 0 bridgehead atoms. The first-order valence-corrected chi connectivity index (χ1v) is 9.13. The topological polar surface area (TPSA) is 58.2 Å². The number of hydrazine groups is 1. The minimum Gasteiger partial charge on any atom is -0.267 e. The van der Waals surface area contributed by atoms with Gasteiger partial charge >= 0.3 is 0 Å². The molecule has 3 aromatic rings. The van der Waals surface area contributed by atoms with Crippen molar-refractivity contribution in [1.82, 2.24) is 10.9 Å². The van der Waals surface area contributed by atoms with E-state index in [1.807, 2.05) is 0 Å². The van der Waals surface area contributed by atoms with Crippen LogP contribution in [0.15, 0.2) is 36.4 Å². The molecule has 0 aliphatic heterocycles. The van der Waals surface area contributed by atoms with Gasteiger partial charge in [-0.25, -0.2) is 0 Å². The molecule has 0 saturated carbocycles. The molecule has 0 unspecified atom stereocenters. The Morgan fingerprint density at radius 2 is 1.56 bits per heavy atom. The largest absolute Gasteiger partial charge is 0.281 e. The Morgan fingerprint density at radius 3 is 2.28 bits per heavy atom. The number of fused-ring (bicyclic) bond motifs is 1. The Labute approximate surface area is 166 Å². The van der Waals surface area contributed by atoms with Gasteiger partial charge < -0.3 is 0 Å². The molecule has 0 spiro atoms. The number of hydrogen-bond acceptors (Lipinski definition) is 3. The molecular weight excluding hydrogens is 426 g/mol. The third-order valence-electron chi connectivity index (χ3n) is 3.26. The van der Waals surface area contributed by atoms with Crippen molar-refractivity contribution in [3.63, 3.8) is 0 Å². The number of thiophene rings is 1. The summed E-state index contributed by atoms with van der Waals surface area (Å²) in [4.78, 5) is 24.6. The molecule has 2 N–H and O–H groups in total. The standard InChI is InChI=1S/C16H8Cl4N2O2S/c17-7-5-10(19)12-11(6-7)25-14(13(12)20)16(24)22-21-15(23)8-3-1-2-4-9(8)18/h1-6H,(H,21,23)(H,22,24). The highest BCUT2D eigenvalue weighted by Gasteiger charge is 2.20. The van der Waals surface area contributed by atoms with Gasteiger partial charge in [-0.05, 0) is 24.3 Å². The van der Waals surface area contributed by atoms with E-state index in [2.05, 4.69) is 10.9 Å². The van der Waals surface area contributed by atoms with Crippen molar-refractivity contribution < 1.29 is 9.59 Å². The Balaban J connectivity index is 1.81. The van der Waals surface area contributed by atoms with Crippen LogP contribution in [0.2, 0.25) is 20.1 Å². The second-order valence-electron chi connectivity index (χ2n) is 4.89. The fraction of sp³-hybridized carbons (Fsp3) is 0. The van der Waals surface area contributed by atoms with Crippen molar-refractivity contribution in [1.29, 1.82) is 0 Å². The molecule has 25 heavy (non-hydrogen) atoms. The number of hydrogen-bond donors (Lipinski definition) is 2. The number of halogens is 4. The maximum atomic E-state index is 12.3. The normalized spacial score (nSPS) is 10.7. The first-order chi connectivity index (χ1) is 11.9. The van der Waals surface area contributed by atoms with E-state index in [-0.39, 0.29) is 20.5 Å². The lowest BCUT2D eigenvalue weighted by atomic mass is 10.2. The van der Waals surface area contributed by atoms with Crippen LogP contribution in [0, 0.1) is 0 Å². The fourth-order valence-electron chi connectivity index (χ4n) is 2.14. The molecule has 0 aliphatic rings. The molecule has 2 amide bonds. The van der Waals surface area contributed by atoms with Gasteiger partial charge in [-0.1, -0.05) is 58.5 Å². The third-order valence-corrected chi connectivity index (χ3v) is 5.74.